The van der Waals surface area contributed by atoms with Crippen molar-refractivity contribution in [1.29, 1.82) is 0 Å². The third kappa shape index (κ3) is 5.34. The van der Waals surface area contributed by atoms with Gasteiger partial charge < -0.3 is 10.2 Å². The lowest BCUT2D eigenvalue weighted by molar-refractivity contribution is 0.194. The van der Waals surface area contributed by atoms with E-state index in [2.05, 4.69) is 5.32 Å². The number of hydrogen-bond acceptors (Lipinski definition) is 2. The van der Waals surface area contributed by atoms with Crippen molar-refractivity contribution in [3.05, 3.63) is 42.0 Å². The van der Waals surface area contributed by atoms with Gasteiger partial charge in [0.1, 0.15) is 0 Å². The number of amides is 2. The molecule has 0 unspecified atom stereocenters. The molecule has 0 fully saturated rings. The molecule has 21 heavy (non-hydrogen) atoms. The third-order valence-corrected chi connectivity index (χ3v) is 4.35. The van der Waals surface area contributed by atoms with E-state index in [9.17, 15) is 9.00 Å². The van der Waals surface area contributed by atoms with E-state index < -0.39 is 10.8 Å². The fraction of sp³-hybridized carbons (Fsp3) is 0.438. The normalized spacial score (nSPS) is 13.9. The average molecular weight is 308 g/mol. The Hall–Kier alpha value is -1.62. The average Bonchev–Trinajstić information content (AvgIpc) is 2.50. The number of urea groups is 1. The summed E-state index contributed by atoms with van der Waals surface area (Å²) >= 11 is 0. The van der Waals surface area contributed by atoms with Crippen LogP contribution in [-0.4, -0.2) is 35.0 Å². The molecule has 0 spiro atoms. The SMILES string of the molecule is C/C=C/CCNC(=O)N(C)[C@@H](C)c1ccc([S@](C)=O)cc1. The van der Waals surface area contributed by atoms with Gasteiger partial charge in [-0.1, -0.05) is 24.3 Å². The second-order valence-electron chi connectivity index (χ2n) is 4.90. The Bertz CT molecular complexity index is 512. The predicted octanol–water partition coefficient (Wildman–Crippen LogP) is 3.09. The van der Waals surface area contributed by atoms with Gasteiger partial charge in [0.05, 0.1) is 6.04 Å². The van der Waals surface area contributed by atoms with E-state index in [1.165, 1.54) is 0 Å². The molecule has 0 aromatic heterocycles. The van der Waals surface area contributed by atoms with Gasteiger partial charge in [-0.05, 0) is 38.0 Å². The Morgan fingerprint density at radius 2 is 2.00 bits per heavy atom. The molecular weight excluding hydrogens is 284 g/mol. The molecule has 2 atom stereocenters. The molecule has 1 N–H and O–H groups in total. The van der Waals surface area contributed by atoms with Crippen LogP contribution in [0.1, 0.15) is 31.9 Å². The zero-order chi connectivity index (χ0) is 15.8. The minimum atomic E-state index is -0.976. The van der Waals surface area contributed by atoms with Crippen molar-refractivity contribution < 1.29 is 9.00 Å². The molecule has 5 heteroatoms. The molecule has 0 aliphatic carbocycles. The number of carbonyl (C=O) groups is 1. The van der Waals surface area contributed by atoms with Gasteiger partial charge in [0.25, 0.3) is 0 Å². The van der Waals surface area contributed by atoms with E-state index in [-0.39, 0.29) is 12.1 Å². The molecule has 0 saturated heterocycles. The topological polar surface area (TPSA) is 49.4 Å². The van der Waals surface area contributed by atoms with Gasteiger partial charge in [0.2, 0.25) is 0 Å². The molecule has 1 rings (SSSR count). The van der Waals surface area contributed by atoms with Crippen molar-refractivity contribution >= 4 is 16.8 Å². The number of nitrogens with one attached hydrogen (secondary N) is 1. The summed E-state index contributed by atoms with van der Waals surface area (Å²) in [6.07, 6.45) is 6.48. The van der Waals surface area contributed by atoms with E-state index in [0.717, 1.165) is 16.9 Å². The maximum absolute atomic E-state index is 12.0. The van der Waals surface area contributed by atoms with Crippen molar-refractivity contribution in [2.45, 2.75) is 31.2 Å². The van der Waals surface area contributed by atoms with Crippen LogP contribution in [-0.2, 0) is 10.8 Å². The van der Waals surface area contributed by atoms with Crippen molar-refractivity contribution in [2.75, 3.05) is 19.8 Å². The number of nitrogens with zero attached hydrogens (tertiary/aromatic N) is 1. The zero-order valence-corrected chi connectivity index (χ0v) is 13.9. The molecule has 116 valence electrons. The number of hydrogen-bond donors (Lipinski definition) is 1. The minimum absolute atomic E-state index is 0.0361. The van der Waals surface area contributed by atoms with Gasteiger partial charge in [0, 0.05) is 35.5 Å². The molecular formula is C16H24N2O2S. The quantitative estimate of drug-likeness (QED) is 0.648. The fourth-order valence-corrected chi connectivity index (χ4v) is 2.41. The Kier molecular flexibility index (Phi) is 7.15. The van der Waals surface area contributed by atoms with E-state index in [1.54, 1.807) is 18.2 Å². The Balaban J connectivity index is 2.62. The highest BCUT2D eigenvalue weighted by atomic mass is 32.2. The summed E-state index contributed by atoms with van der Waals surface area (Å²) < 4.78 is 11.4. The van der Waals surface area contributed by atoms with E-state index in [4.69, 9.17) is 0 Å². The number of rotatable bonds is 6. The summed E-state index contributed by atoms with van der Waals surface area (Å²) in [4.78, 5) is 14.5. The number of carbonyl (C=O) groups excluding carboxylic acids is 1. The summed E-state index contributed by atoms with van der Waals surface area (Å²) in [6.45, 7) is 4.57. The minimum Gasteiger partial charge on any atom is -0.338 e. The number of allylic oxidation sites excluding steroid dienone is 1. The molecule has 0 bridgehead atoms. The van der Waals surface area contributed by atoms with Crippen LogP contribution >= 0.6 is 0 Å². The highest BCUT2D eigenvalue weighted by molar-refractivity contribution is 7.84. The highest BCUT2D eigenvalue weighted by Gasteiger charge is 2.16. The maximum Gasteiger partial charge on any atom is 0.317 e. The lowest BCUT2D eigenvalue weighted by Crippen LogP contribution is -2.39. The monoisotopic (exact) mass is 308 g/mol. The number of benzene rings is 1. The molecule has 0 saturated carbocycles. The van der Waals surface area contributed by atoms with Gasteiger partial charge in [-0.2, -0.15) is 0 Å². The summed E-state index contributed by atoms with van der Waals surface area (Å²) in [5.41, 5.74) is 1.02. The van der Waals surface area contributed by atoms with Crippen molar-refractivity contribution in [3.8, 4) is 0 Å². The standard InChI is InChI=1S/C16H24N2O2S/c1-5-6-7-12-17-16(19)18(3)13(2)14-8-10-15(11-9-14)21(4)20/h5-6,8-11,13H,7,12H2,1-4H3,(H,17,19)/b6-5+/t13-,21-/m0/s1. The van der Waals surface area contributed by atoms with E-state index in [1.807, 2.05) is 50.3 Å². The molecule has 1 aromatic carbocycles. The predicted molar refractivity (Wildman–Crippen MR) is 87.8 cm³/mol. The summed E-state index contributed by atoms with van der Waals surface area (Å²) in [7, 11) is 0.804. The lowest BCUT2D eigenvalue weighted by Gasteiger charge is -2.25. The first kappa shape index (κ1) is 17.4. The lowest BCUT2D eigenvalue weighted by atomic mass is 10.1. The first-order valence-corrected chi connectivity index (χ1v) is 8.58. The van der Waals surface area contributed by atoms with Crippen molar-refractivity contribution in [3.63, 3.8) is 0 Å². The maximum atomic E-state index is 12.0. The van der Waals surface area contributed by atoms with Crippen LogP contribution < -0.4 is 5.32 Å². The highest BCUT2D eigenvalue weighted by Crippen LogP contribution is 2.20. The Labute approximate surface area is 129 Å². The van der Waals surface area contributed by atoms with Crippen molar-refractivity contribution in [2.24, 2.45) is 0 Å². The molecule has 4 nitrogen and oxygen atoms in total. The molecule has 1 aromatic rings. The first-order chi connectivity index (χ1) is 9.97. The molecule has 0 radical (unpaired) electrons. The molecule has 0 aliphatic heterocycles. The van der Waals surface area contributed by atoms with Gasteiger partial charge in [0.15, 0.2) is 0 Å². The van der Waals surface area contributed by atoms with E-state index >= 15 is 0 Å². The fourth-order valence-electron chi connectivity index (χ4n) is 1.89. The second kappa shape index (κ2) is 8.62. The van der Waals surface area contributed by atoms with Crippen LogP contribution in [0.5, 0.6) is 0 Å². The van der Waals surface area contributed by atoms with Crippen LogP contribution in [0.2, 0.25) is 0 Å². The zero-order valence-electron chi connectivity index (χ0n) is 13.1. The van der Waals surface area contributed by atoms with Crippen molar-refractivity contribution in [1.82, 2.24) is 10.2 Å². The van der Waals surface area contributed by atoms with Crippen LogP contribution in [0.25, 0.3) is 0 Å². The van der Waals surface area contributed by atoms with Crippen LogP contribution in [0.4, 0.5) is 4.79 Å². The Morgan fingerprint density at radius 3 is 2.52 bits per heavy atom. The van der Waals surface area contributed by atoms with Gasteiger partial charge >= 0.3 is 6.03 Å². The molecule has 0 heterocycles. The first-order valence-electron chi connectivity index (χ1n) is 7.02. The largest absolute Gasteiger partial charge is 0.338 e. The third-order valence-electron chi connectivity index (χ3n) is 3.42. The molecule has 0 aliphatic rings. The van der Waals surface area contributed by atoms with Crippen LogP contribution in [0, 0.1) is 0 Å². The summed E-state index contributed by atoms with van der Waals surface area (Å²) in [5.74, 6) is 0. The second-order valence-corrected chi connectivity index (χ2v) is 6.28. The summed E-state index contributed by atoms with van der Waals surface area (Å²) in [6, 6.07) is 7.41. The molecule has 2 amide bonds. The van der Waals surface area contributed by atoms with Gasteiger partial charge in [-0.15, -0.1) is 0 Å². The van der Waals surface area contributed by atoms with Gasteiger partial charge in [-0.3, -0.25) is 4.21 Å². The van der Waals surface area contributed by atoms with Crippen LogP contribution in [0.15, 0.2) is 41.3 Å². The van der Waals surface area contributed by atoms with Gasteiger partial charge in [-0.25, -0.2) is 4.79 Å². The summed E-state index contributed by atoms with van der Waals surface area (Å²) in [5, 5.41) is 2.88. The smallest absolute Gasteiger partial charge is 0.317 e. The van der Waals surface area contributed by atoms with Crippen LogP contribution in [0.3, 0.4) is 0 Å². The van der Waals surface area contributed by atoms with E-state index in [0.29, 0.717) is 6.54 Å². The Morgan fingerprint density at radius 1 is 1.38 bits per heavy atom.